The van der Waals surface area contributed by atoms with Crippen molar-refractivity contribution in [3.05, 3.63) is 52.3 Å². The van der Waals surface area contributed by atoms with E-state index in [2.05, 4.69) is 15.3 Å². The Morgan fingerprint density at radius 3 is 2.65 bits per heavy atom. The lowest BCUT2D eigenvalue weighted by Gasteiger charge is -2.06. The molecule has 2 rings (SSSR count). The van der Waals surface area contributed by atoms with E-state index in [1.165, 1.54) is 11.8 Å². The molecule has 0 bridgehead atoms. The first-order valence-corrected chi connectivity index (χ1v) is 7.61. The fourth-order valence-corrected chi connectivity index (χ4v) is 2.17. The number of aryl methyl sites for hydroxylation is 1. The quantitative estimate of drug-likeness (QED) is 0.696. The number of rotatable bonds is 4. The lowest BCUT2D eigenvalue weighted by molar-refractivity contribution is 0.0945. The molecule has 0 saturated carbocycles. The molecular formula is C14H14ClN3OS. The number of amides is 1. The van der Waals surface area contributed by atoms with Crippen LogP contribution in [-0.4, -0.2) is 22.1 Å². The van der Waals surface area contributed by atoms with Gasteiger partial charge in [0.05, 0.1) is 0 Å². The Morgan fingerprint density at radius 1 is 1.30 bits per heavy atom. The van der Waals surface area contributed by atoms with E-state index in [0.29, 0.717) is 22.4 Å². The van der Waals surface area contributed by atoms with E-state index in [0.717, 1.165) is 11.3 Å². The second-order valence-electron chi connectivity index (χ2n) is 4.19. The fraction of sp³-hybridized carbons (Fsp3) is 0.214. The molecule has 1 aromatic carbocycles. The maximum absolute atomic E-state index is 12.1. The summed E-state index contributed by atoms with van der Waals surface area (Å²) in [5, 5.41) is 4.11. The molecule has 0 unspecified atom stereocenters. The standard InChI is InChI=1S/C14H14ClN3OS/c1-9-7-12(18-14(17-9)20-2)13(19)16-8-10-3-5-11(15)6-4-10/h3-7H,8H2,1-2H3,(H,16,19). The van der Waals surface area contributed by atoms with E-state index in [1.54, 1.807) is 18.2 Å². The van der Waals surface area contributed by atoms with Gasteiger partial charge < -0.3 is 5.32 Å². The maximum Gasteiger partial charge on any atom is 0.270 e. The second-order valence-corrected chi connectivity index (χ2v) is 5.40. The molecule has 1 amide bonds. The zero-order valence-electron chi connectivity index (χ0n) is 11.2. The lowest BCUT2D eigenvalue weighted by atomic mass is 10.2. The van der Waals surface area contributed by atoms with Crippen molar-refractivity contribution in [2.75, 3.05) is 6.26 Å². The SMILES string of the molecule is CSc1nc(C)cc(C(=O)NCc2ccc(Cl)cc2)n1. The minimum absolute atomic E-state index is 0.208. The van der Waals surface area contributed by atoms with Crippen LogP contribution >= 0.6 is 23.4 Å². The normalized spacial score (nSPS) is 10.3. The van der Waals surface area contributed by atoms with Crippen LogP contribution in [0.15, 0.2) is 35.5 Å². The molecule has 0 radical (unpaired) electrons. The van der Waals surface area contributed by atoms with Gasteiger partial charge in [-0.1, -0.05) is 35.5 Å². The highest BCUT2D eigenvalue weighted by molar-refractivity contribution is 7.98. The number of carbonyl (C=O) groups excluding carboxylic acids is 1. The third kappa shape index (κ3) is 3.95. The molecular weight excluding hydrogens is 294 g/mol. The number of hydrogen-bond donors (Lipinski definition) is 1. The van der Waals surface area contributed by atoms with Crippen molar-refractivity contribution in [1.82, 2.24) is 15.3 Å². The van der Waals surface area contributed by atoms with Crippen molar-refractivity contribution in [1.29, 1.82) is 0 Å². The summed E-state index contributed by atoms with van der Waals surface area (Å²) in [5.74, 6) is -0.208. The lowest BCUT2D eigenvalue weighted by Crippen LogP contribution is -2.24. The van der Waals surface area contributed by atoms with Crippen LogP contribution in [0.25, 0.3) is 0 Å². The monoisotopic (exact) mass is 307 g/mol. The molecule has 0 saturated heterocycles. The third-order valence-electron chi connectivity index (χ3n) is 2.62. The zero-order chi connectivity index (χ0) is 14.5. The third-order valence-corrected chi connectivity index (χ3v) is 3.41. The Morgan fingerprint density at radius 2 is 2.00 bits per heavy atom. The average molecular weight is 308 g/mol. The van der Waals surface area contributed by atoms with Crippen LogP contribution in [0, 0.1) is 6.92 Å². The number of hydrogen-bond acceptors (Lipinski definition) is 4. The Balaban J connectivity index is 2.04. The summed E-state index contributed by atoms with van der Waals surface area (Å²) in [6.07, 6.45) is 1.88. The van der Waals surface area contributed by atoms with E-state index in [4.69, 9.17) is 11.6 Å². The van der Waals surface area contributed by atoms with Gasteiger partial charge in [0, 0.05) is 17.3 Å². The van der Waals surface area contributed by atoms with Crippen LogP contribution in [0.1, 0.15) is 21.7 Å². The van der Waals surface area contributed by atoms with Gasteiger partial charge in [0.25, 0.3) is 5.91 Å². The van der Waals surface area contributed by atoms with E-state index < -0.39 is 0 Å². The topological polar surface area (TPSA) is 54.9 Å². The van der Waals surface area contributed by atoms with Gasteiger partial charge in [0.1, 0.15) is 5.69 Å². The molecule has 0 spiro atoms. The van der Waals surface area contributed by atoms with E-state index in [-0.39, 0.29) is 5.91 Å². The summed E-state index contributed by atoms with van der Waals surface area (Å²) < 4.78 is 0. The number of nitrogens with zero attached hydrogens (tertiary/aromatic N) is 2. The highest BCUT2D eigenvalue weighted by Gasteiger charge is 2.10. The molecule has 1 N–H and O–H groups in total. The maximum atomic E-state index is 12.1. The van der Waals surface area contributed by atoms with Gasteiger partial charge in [-0.2, -0.15) is 0 Å². The van der Waals surface area contributed by atoms with Gasteiger partial charge >= 0.3 is 0 Å². The van der Waals surface area contributed by atoms with Crippen molar-refractivity contribution in [2.24, 2.45) is 0 Å². The van der Waals surface area contributed by atoms with Crippen molar-refractivity contribution < 1.29 is 4.79 Å². The van der Waals surface area contributed by atoms with Gasteiger partial charge in [0.15, 0.2) is 5.16 Å². The van der Waals surface area contributed by atoms with E-state index in [9.17, 15) is 4.79 Å². The predicted molar refractivity (Wildman–Crippen MR) is 81.2 cm³/mol. The van der Waals surface area contributed by atoms with Crippen LogP contribution in [0.4, 0.5) is 0 Å². The van der Waals surface area contributed by atoms with Gasteiger partial charge in [0.2, 0.25) is 0 Å². The molecule has 1 heterocycles. The molecule has 20 heavy (non-hydrogen) atoms. The van der Waals surface area contributed by atoms with Crippen molar-refractivity contribution >= 4 is 29.3 Å². The number of carbonyl (C=O) groups is 1. The first kappa shape index (κ1) is 14.8. The highest BCUT2D eigenvalue weighted by atomic mass is 35.5. The number of thioether (sulfide) groups is 1. The van der Waals surface area contributed by atoms with Crippen molar-refractivity contribution in [2.45, 2.75) is 18.6 Å². The number of halogens is 1. The highest BCUT2D eigenvalue weighted by Crippen LogP contribution is 2.11. The predicted octanol–water partition coefficient (Wildman–Crippen LogP) is 3.09. The minimum Gasteiger partial charge on any atom is -0.347 e. The Kier molecular flexibility index (Phi) is 4.98. The Bertz CT molecular complexity index is 616. The summed E-state index contributed by atoms with van der Waals surface area (Å²) in [7, 11) is 0. The number of aromatic nitrogens is 2. The largest absolute Gasteiger partial charge is 0.347 e. The zero-order valence-corrected chi connectivity index (χ0v) is 12.8. The van der Waals surface area contributed by atoms with Crippen molar-refractivity contribution in [3.63, 3.8) is 0 Å². The molecule has 4 nitrogen and oxygen atoms in total. The number of benzene rings is 1. The molecule has 0 atom stereocenters. The van der Waals surface area contributed by atoms with E-state index >= 15 is 0 Å². The molecule has 6 heteroatoms. The average Bonchev–Trinajstić information content (AvgIpc) is 2.45. The van der Waals surface area contributed by atoms with Gasteiger partial charge in [-0.25, -0.2) is 9.97 Å². The van der Waals surface area contributed by atoms with Crippen LogP contribution in [-0.2, 0) is 6.54 Å². The van der Waals surface area contributed by atoms with E-state index in [1.807, 2.05) is 25.3 Å². The van der Waals surface area contributed by atoms with Gasteiger partial charge in [-0.15, -0.1) is 0 Å². The summed E-state index contributed by atoms with van der Waals surface area (Å²) >= 11 is 7.23. The molecule has 2 aromatic rings. The van der Waals surface area contributed by atoms with Crippen LogP contribution in [0.2, 0.25) is 5.02 Å². The van der Waals surface area contributed by atoms with Crippen LogP contribution < -0.4 is 5.32 Å². The summed E-state index contributed by atoms with van der Waals surface area (Å²) in [5.41, 5.74) is 2.15. The smallest absolute Gasteiger partial charge is 0.270 e. The summed E-state index contributed by atoms with van der Waals surface area (Å²) in [6, 6.07) is 9.02. The molecule has 0 fully saturated rings. The Labute approximate surface area is 127 Å². The first-order valence-electron chi connectivity index (χ1n) is 6.01. The number of nitrogens with one attached hydrogen (secondary N) is 1. The minimum atomic E-state index is -0.208. The molecule has 104 valence electrons. The van der Waals surface area contributed by atoms with Gasteiger partial charge in [-0.3, -0.25) is 4.79 Å². The molecule has 0 aliphatic heterocycles. The fourth-order valence-electron chi connectivity index (χ4n) is 1.62. The molecule has 0 aliphatic carbocycles. The first-order chi connectivity index (χ1) is 9.58. The van der Waals surface area contributed by atoms with Crippen LogP contribution in [0.3, 0.4) is 0 Å². The second kappa shape index (κ2) is 6.72. The van der Waals surface area contributed by atoms with Crippen LogP contribution in [0.5, 0.6) is 0 Å². The van der Waals surface area contributed by atoms with Gasteiger partial charge in [-0.05, 0) is 36.9 Å². The van der Waals surface area contributed by atoms with Crippen molar-refractivity contribution in [3.8, 4) is 0 Å². The molecule has 1 aromatic heterocycles. The summed E-state index contributed by atoms with van der Waals surface area (Å²) in [6.45, 7) is 2.28. The summed E-state index contributed by atoms with van der Waals surface area (Å²) in [4.78, 5) is 20.5. The molecule has 0 aliphatic rings. The Hall–Kier alpha value is -1.59.